The number of rotatable bonds is 14. The standard InChI is InChI=1S/C19H36N4O5S2/c1-10(2)8-14(19(27)28)22-18(26)15(11(3)4)23-17(25)13(6-7-30-5)21-16(24)12(20)9-29/h10-15,29H,6-9,20H2,1-5H3,(H,21,24)(H,22,26)(H,23,25)(H,27,28). The molecule has 6 N–H and O–H groups in total. The maximum Gasteiger partial charge on any atom is 0.326 e. The zero-order valence-electron chi connectivity index (χ0n) is 18.3. The summed E-state index contributed by atoms with van der Waals surface area (Å²) in [7, 11) is 0. The van der Waals surface area contributed by atoms with Gasteiger partial charge >= 0.3 is 5.97 Å². The van der Waals surface area contributed by atoms with Crippen LogP contribution in [0.25, 0.3) is 0 Å². The minimum absolute atomic E-state index is 0.0701. The van der Waals surface area contributed by atoms with Crippen molar-refractivity contribution in [3.63, 3.8) is 0 Å². The summed E-state index contributed by atoms with van der Waals surface area (Å²) in [5.74, 6) is -2.20. The van der Waals surface area contributed by atoms with Gasteiger partial charge in [0.1, 0.15) is 18.1 Å². The third kappa shape index (κ3) is 10.5. The molecular weight excluding hydrogens is 428 g/mol. The highest BCUT2D eigenvalue weighted by atomic mass is 32.2. The minimum atomic E-state index is -1.13. The minimum Gasteiger partial charge on any atom is -0.480 e. The Morgan fingerprint density at radius 3 is 1.97 bits per heavy atom. The Balaban J connectivity index is 5.32. The van der Waals surface area contributed by atoms with Crippen LogP contribution in [0.5, 0.6) is 0 Å². The summed E-state index contributed by atoms with van der Waals surface area (Å²) < 4.78 is 0. The van der Waals surface area contributed by atoms with Crippen LogP contribution < -0.4 is 21.7 Å². The second-order valence-electron chi connectivity index (χ2n) is 7.89. The van der Waals surface area contributed by atoms with Gasteiger partial charge in [-0.2, -0.15) is 24.4 Å². The SMILES string of the molecule is CSCCC(NC(=O)C(N)CS)C(=O)NC(C(=O)NC(CC(C)C)C(=O)O)C(C)C. The number of carbonyl (C=O) groups excluding carboxylic acids is 3. The molecule has 0 aliphatic carbocycles. The first-order valence-corrected chi connectivity index (χ1v) is 12.0. The van der Waals surface area contributed by atoms with Crippen LogP contribution in [0.2, 0.25) is 0 Å². The van der Waals surface area contributed by atoms with Crippen LogP contribution in [0.3, 0.4) is 0 Å². The third-order valence-electron chi connectivity index (χ3n) is 4.35. The average Bonchev–Trinajstić information content (AvgIpc) is 2.66. The summed E-state index contributed by atoms with van der Waals surface area (Å²) in [6, 6.07) is -3.71. The number of carboxylic acids is 1. The molecule has 0 aromatic carbocycles. The lowest BCUT2D eigenvalue weighted by Crippen LogP contribution is -2.58. The lowest BCUT2D eigenvalue weighted by Gasteiger charge is -2.27. The molecule has 0 aromatic heterocycles. The Bertz CT molecular complexity index is 589. The van der Waals surface area contributed by atoms with Crippen molar-refractivity contribution in [2.75, 3.05) is 17.8 Å². The van der Waals surface area contributed by atoms with Crippen molar-refractivity contribution < 1.29 is 24.3 Å². The first kappa shape index (κ1) is 28.5. The van der Waals surface area contributed by atoms with Crippen molar-refractivity contribution in [2.24, 2.45) is 17.6 Å². The van der Waals surface area contributed by atoms with Crippen molar-refractivity contribution in [3.8, 4) is 0 Å². The molecule has 0 fully saturated rings. The van der Waals surface area contributed by atoms with Gasteiger partial charge in [0.25, 0.3) is 0 Å². The van der Waals surface area contributed by atoms with E-state index in [0.29, 0.717) is 12.2 Å². The Morgan fingerprint density at radius 2 is 1.53 bits per heavy atom. The number of aliphatic carboxylic acids is 1. The number of carboxylic acid groups (broad SMARTS) is 1. The molecule has 0 saturated carbocycles. The predicted octanol–water partition coefficient (Wildman–Crippen LogP) is 0.238. The monoisotopic (exact) mass is 464 g/mol. The van der Waals surface area contributed by atoms with Gasteiger partial charge in [0.05, 0.1) is 6.04 Å². The first-order chi connectivity index (χ1) is 13.9. The third-order valence-corrected chi connectivity index (χ3v) is 5.38. The molecule has 9 nitrogen and oxygen atoms in total. The molecule has 0 saturated heterocycles. The molecule has 30 heavy (non-hydrogen) atoms. The van der Waals surface area contributed by atoms with E-state index in [1.165, 1.54) is 11.8 Å². The second kappa shape index (κ2) is 14.5. The van der Waals surface area contributed by atoms with E-state index in [4.69, 9.17) is 5.73 Å². The predicted molar refractivity (Wildman–Crippen MR) is 123 cm³/mol. The van der Waals surface area contributed by atoms with Gasteiger partial charge in [-0.3, -0.25) is 14.4 Å². The van der Waals surface area contributed by atoms with Gasteiger partial charge in [-0.05, 0) is 36.7 Å². The van der Waals surface area contributed by atoms with Gasteiger partial charge in [-0.25, -0.2) is 4.79 Å². The van der Waals surface area contributed by atoms with Gasteiger partial charge in [0.15, 0.2) is 0 Å². The molecule has 3 amide bonds. The van der Waals surface area contributed by atoms with Crippen LogP contribution in [0.4, 0.5) is 0 Å². The van der Waals surface area contributed by atoms with Crippen molar-refractivity contribution in [1.82, 2.24) is 16.0 Å². The fourth-order valence-electron chi connectivity index (χ4n) is 2.61. The van der Waals surface area contributed by atoms with Crippen LogP contribution in [0.1, 0.15) is 40.5 Å². The number of hydrogen-bond donors (Lipinski definition) is 6. The smallest absolute Gasteiger partial charge is 0.326 e. The summed E-state index contributed by atoms with van der Waals surface area (Å²) >= 11 is 5.50. The number of nitrogens with one attached hydrogen (secondary N) is 3. The largest absolute Gasteiger partial charge is 0.480 e. The molecule has 0 heterocycles. The number of nitrogens with two attached hydrogens (primary N) is 1. The topological polar surface area (TPSA) is 151 Å². The van der Waals surface area contributed by atoms with Gasteiger partial charge in [0, 0.05) is 5.75 Å². The lowest BCUT2D eigenvalue weighted by atomic mass is 10.00. The van der Waals surface area contributed by atoms with E-state index in [-0.39, 0.29) is 24.0 Å². The lowest BCUT2D eigenvalue weighted by molar-refractivity contribution is -0.143. The van der Waals surface area contributed by atoms with Crippen molar-refractivity contribution in [1.29, 1.82) is 0 Å². The summed E-state index contributed by atoms with van der Waals surface area (Å²) in [6.07, 6.45) is 2.50. The van der Waals surface area contributed by atoms with E-state index < -0.39 is 47.9 Å². The molecule has 0 aliphatic heterocycles. The second-order valence-corrected chi connectivity index (χ2v) is 9.24. The average molecular weight is 465 g/mol. The highest BCUT2D eigenvalue weighted by molar-refractivity contribution is 7.98. The molecule has 0 radical (unpaired) electrons. The maximum absolute atomic E-state index is 12.8. The van der Waals surface area contributed by atoms with E-state index in [2.05, 4.69) is 28.6 Å². The van der Waals surface area contributed by atoms with Crippen molar-refractivity contribution in [3.05, 3.63) is 0 Å². The van der Waals surface area contributed by atoms with E-state index in [1.807, 2.05) is 20.1 Å². The molecule has 11 heteroatoms. The number of amides is 3. The Morgan fingerprint density at radius 1 is 0.967 bits per heavy atom. The Kier molecular flexibility index (Phi) is 13.8. The van der Waals surface area contributed by atoms with Crippen molar-refractivity contribution in [2.45, 2.75) is 64.7 Å². The molecule has 0 bridgehead atoms. The van der Waals surface area contributed by atoms with E-state index in [0.717, 1.165) is 0 Å². The summed E-state index contributed by atoms with van der Waals surface area (Å²) in [5, 5.41) is 17.1. The van der Waals surface area contributed by atoms with Crippen LogP contribution in [-0.2, 0) is 19.2 Å². The fourth-order valence-corrected chi connectivity index (χ4v) is 3.25. The highest BCUT2D eigenvalue weighted by Crippen LogP contribution is 2.09. The molecule has 4 atom stereocenters. The molecule has 0 aromatic rings. The molecule has 4 unspecified atom stereocenters. The van der Waals surface area contributed by atoms with Crippen molar-refractivity contribution >= 4 is 48.1 Å². The van der Waals surface area contributed by atoms with E-state index in [9.17, 15) is 24.3 Å². The summed E-state index contributed by atoms with van der Waals surface area (Å²) in [5.41, 5.74) is 5.67. The summed E-state index contributed by atoms with van der Waals surface area (Å²) in [4.78, 5) is 49.1. The summed E-state index contributed by atoms with van der Waals surface area (Å²) in [6.45, 7) is 7.21. The van der Waals surface area contributed by atoms with Crippen LogP contribution >= 0.6 is 24.4 Å². The Labute approximate surface area is 188 Å². The number of carbonyl (C=O) groups is 4. The fraction of sp³-hybridized carbons (Fsp3) is 0.789. The highest BCUT2D eigenvalue weighted by Gasteiger charge is 2.31. The number of hydrogen-bond acceptors (Lipinski definition) is 7. The molecule has 174 valence electrons. The molecule has 0 rings (SSSR count). The Hall–Kier alpha value is -1.46. The van der Waals surface area contributed by atoms with E-state index >= 15 is 0 Å². The van der Waals surface area contributed by atoms with Crippen LogP contribution in [-0.4, -0.2) is 70.7 Å². The normalized spacial score (nSPS) is 15.2. The van der Waals surface area contributed by atoms with Gasteiger partial charge in [-0.15, -0.1) is 0 Å². The van der Waals surface area contributed by atoms with Gasteiger partial charge < -0.3 is 26.8 Å². The first-order valence-electron chi connectivity index (χ1n) is 9.93. The van der Waals surface area contributed by atoms with Crippen LogP contribution in [0.15, 0.2) is 0 Å². The zero-order valence-corrected chi connectivity index (χ0v) is 20.0. The van der Waals surface area contributed by atoms with Gasteiger partial charge in [-0.1, -0.05) is 27.7 Å². The number of thiol groups is 1. The zero-order chi connectivity index (χ0) is 23.4. The van der Waals surface area contributed by atoms with E-state index in [1.54, 1.807) is 13.8 Å². The van der Waals surface area contributed by atoms with Gasteiger partial charge in [0.2, 0.25) is 17.7 Å². The number of thioether (sulfide) groups is 1. The molecule has 0 spiro atoms. The maximum atomic E-state index is 12.8. The molecular formula is C19H36N4O5S2. The molecule has 0 aliphatic rings. The quantitative estimate of drug-likeness (QED) is 0.202. The van der Waals surface area contributed by atoms with Crippen LogP contribution in [0, 0.1) is 11.8 Å².